The van der Waals surface area contributed by atoms with E-state index < -0.39 is 39.1 Å². The number of nitrogens with zero attached hydrogens (tertiary/aromatic N) is 4. The summed E-state index contributed by atoms with van der Waals surface area (Å²) in [7, 11) is 0. The van der Waals surface area contributed by atoms with Gasteiger partial charge >= 0.3 is 5.69 Å². The molecule has 1 heterocycles. The number of nitrogens with one attached hydrogen (secondary N) is 3. The summed E-state index contributed by atoms with van der Waals surface area (Å²) in [5.41, 5.74) is -0.479. The summed E-state index contributed by atoms with van der Waals surface area (Å²) in [5, 5.41) is 43.7. The first-order valence-corrected chi connectivity index (χ1v) is 11.4. The van der Waals surface area contributed by atoms with Gasteiger partial charge in [0.25, 0.3) is 11.6 Å². The molecule has 15 heteroatoms. The molecule has 14 nitrogen and oxygen atoms in total. The zero-order valence-corrected chi connectivity index (χ0v) is 19.8. The Balaban J connectivity index is 1.62. The van der Waals surface area contributed by atoms with E-state index in [1.54, 1.807) is 0 Å². The number of amides is 2. The first-order chi connectivity index (χ1) is 17.0. The predicted molar refractivity (Wildman–Crippen MR) is 129 cm³/mol. The van der Waals surface area contributed by atoms with E-state index in [0.29, 0.717) is 5.82 Å². The van der Waals surface area contributed by atoms with E-state index in [4.69, 9.17) is 0 Å². The third-order valence-corrected chi connectivity index (χ3v) is 5.68. The van der Waals surface area contributed by atoms with Crippen LogP contribution in [0.4, 0.5) is 17.1 Å². The summed E-state index contributed by atoms with van der Waals surface area (Å²) in [6.45, 7) is 3.69. The fourth-order valence-corrected chi connectivity index (χ4v) is 3.68. The van der Waals surface area contributed by atoms with E-state index in [1.165, 1.54) is 30.3 Å². The molecule has 188 valence electrons. The van der Waals surface area contributed by atoms with Crippen LogP contribution in [0.3, 0.4) is 0 Å². The Morgan fingerprint density at radius 1 is 1.14 bits per heavy atom. The molecule has 0 spiro atoms. The molecule has 0 fully saturated rings. The molecule has 0 saturated carbocycles. The number of rotatable bonds is 10. The monoisotopic (exact) mass is 515 g/mol. The van der Waals surface area contributed by atoms with Gasteiger partial charge in [-0.3, -0.25) is 34.9 Å². The van der Waals surface area contributed by atoms with Crippen LogP contribution >= 0.6 is 11.8 Å². The fraction of sp³-hybridized carbons (Fsp3) is 0.238. The Bertz CT molecular complexity index is 1310. The summed E-state index contributed by atoms with van der Waals surface area (Å²) < 4.78 is 0. The SMILES string of the molecule is CC(C)[C@@H](NC(=O)c1cccc([N+](=O)[O-])c1)c1nc(SCC(=O)Nc2ccc(O)c([N+](=O)[O-])c2)n[nH]1. The van der Waals surface area contributed by atoms with Gasteiger partial charge in [0.15, 0.2) is 5.75 Å². The minimum absolute atomic E-state index is 0.113. The number of anilines is 1. The normalized spacial score (nSPS) is 11.6. The summed E-state index contributed by atoms with van der Waals surface area (Å²) in [6.07, 6.45) is 0. The number of benzene rings is 2. The van der Waals surface area contributed by atoms with Crippen molar-refractivity contribution in [1.29, 1.82) is 0 Å². The number of phenolic OH excluding ortho intramolecular Hbond substituents is 1. The van der Waals surface area contributed by atoms with Gasteiger partial charge in [-0.25, -0.2) is 4.98 Å². The van der Waals surface area contributed by atoms with Gasteiger partial charge in [0.05, 0.1) is 21.6 Å². The number of carbonyl (C=O) groups excluding carboxylic acids is 2. The predicted octanol–water partition coefficient (Wildman–Crippen LogP) is 3.18. The van der Waals surface area contributed by atoms with E-state index in [0.717, 1.165) is 23.9 Å². The number of phenols is 1. The highest BCUT2D eigenvalue weighted by molar-refractivity contribution is 7.99. The van der Waals surface area contributed by atoms with E-state index in [2.05, 4.69) is 25.8 Å². The number of aromatic hydroxyl groups is 1. The van der Waals surface area contributed by atoms with E-state index >= 15 is 0 Å². The van der Waals surface area contributed by atoms with E-state index in [9.17, 15) is 34.9 Å². The molecule has 0 bridgehead atoms. The zero-order valence-electron chi connectivity index (χ0n) is 19.0. The third-order valence-electron chi connectivity index (χ3n) is 4.84. The van der Waals surface area contributed by atoms with Crippen molar-refractivity contribution < 1.29 is 24.5 Å². The first-order valence-electron chi connectivity index (χ1n) is 10.4. The van der Waals surface area contributed by atoms with Crippen molar-refractivity contribution in [3.05, 3.63) is 74.1 Å². The highest BCUT2D eigenvalue weighted by Gasteiger charge is 2.24. The third kappa shape index (κ3) is 6.53. The number of nitro groups is 2. The van der Waals surface area contributed by atoms with Crippen LogP contribution in [-0.2, 0) is 4.79 Å². The molecular formula is C21H21N7O7S. The van der Waals surface area contributed by atoms with Gasteiger partial charge in [-0.2, -0.15) is 0 Å². The van der Waals surface area contributed by atoms with Crippen molar-refractivity contribution >= 4 is 40.6 Å². The topological polar surface area (TPSA) is 206 Å². The van der Waals surface area contributed by atoms with Gasteiger partial charge < -0.3 is 15.7 Å². The Morgan fingerprint density at radius 3 is 2.56 bits per heavy atom. The van der Waals surface area contributed by atoms with Crippen LogP contribution in [0.25, 0.3) is 0 Å². The maximum absolute atomic E-state index is 12.7. The van der Waals surface area contributed by atoms with Gasteiger partial charge in [0, 0.05) is 29.4 Å². The smallest absolute Gasteiger partial charge is 0.312 e. The fourth-order valence-electron chi connectivity index (χ4n) is 3.07. The Morgan fingerprint density at radius 2 is 1.89 bits per heavy atom. The standard InChI is InChI=1S/C21H21N7O7S/c1-11(2)18(23-20(31)12-4-3-5-14(8-12)27(32)33)19-24-21(26-25-19)36-10-17(30)22-13-6-7-16(29)15(9-13)28(34)35/h3-9,11,18,29H,10H2,1-2H3,(H,22,30)(H,23,31)(H,24,25,26)/t18-/m1/s1. The number of aromatic amines is 1. The molecule has 0 aliphatic carbocycles. The number of hydrogen-bond acceptors (Lipinski definition) is 10. The Hall–Kier alpha value is -4.53. The van der Waals surface area contributed by atoms with Crippen LogP contribution in [0, 0.1) is 26.1 Å². The van der Waals surface area contributed by atoms with Crippen LogP contribution in [0.2, 0.25) is 0 Å². The minimum atomic E-state index is -0.766. The van der Waals surface area contributed by atoms with Crippen LogP contribution in [0.1, 0.15) is 36.1 Å². The van der Waals surface area contributed by atoms with Crippen molar-refractivity contribution in [3.63, 3.8) is 0 Å². The number of nitro benzene ring substituents is 2. The lowest BCUT2D eigenvalue weighted by Gasteiger charge is -2.19. The van der Waals surface area contributed by atoms with Gasteiger partial charge in [-0.1, -0.05) is 31.7 Å². The summed E-state index contributed by atoms with van der Waals surface area (Å²) in [4.78, 5) is 49.8. The highest BCUT2D eigenvalue weighted by atomic mass is 32.2. The lowest BCUT2D eigenvalue weighted by Crippen LogP contribution is -2.32. The lowest BCUT2D eigenvalue weighted by atomic mass is 10.0. The Labute approximate surface area is 207 Å². The van der Waals surface area contributed by atoms with Crippen LogP contribution in [0.15, 0.2) is 47.6 Å². The van der Waals surface area contributed by atoms with E-state index in [-0.39, 0.29) is 33.8 Å². The number of aromatic nitrogens is 3. The maximum Gasteiger partial charge on any atom is 0.312 e. The average Bonchev–Trinajstić information content (AvgIpc) is 3.30. The summed E-state index contributed by atoms with van der Waals surface area (Å²) >= 11 is 0.995. The molecule has 0 aliphatic heterocycles. The second-order valence-electron chi connectivity index (χ2n) is 7.80. The zero-order chi connectivity index (χ0) is 26.4. The van der Waals surface area contributed by atoms with Crippen molar-refractivity contribution in [2.45, 2.75) is 25.0 Å². The van der Waals surface area contributed by atoms with Gasteiger partial charge in [0.1, 0.15) is 5.82 Å². The molecule has 36 heavy (non-hydrogen) atoms. The van der Waals surface area contributed by atoms with Gasteiger partial charge in [-0.15, -0.1) is 5.10 Å². The van der Waals surface area contributed by atoms with Gasteiger partial charge in [0.2, 0.25) is 11.1 Å². The number of carbonyl (C=O) groups is 2. The number of hydrogen-bond donors (Lipinski definition) is 4. The molecule has 0 unspecified atom stereocenters. The number of H-pyrrole nitrogens is 1. The van der Waals surface area contributed by atoms with Crippen LogP contribution < -0.4 is 10.6 Å². The van der Waals surface area contributed by atoms with Crippen LogP contribution in [0.5, 0.6) is 5.75 Å². The van der Waals surface area contributed by atoms with E-state index in [1.807, 2.05) is 13.8 Å². The minimum Gasteiger partial charge on any atom is -0.502 e. The van der Waals surface area contributed by atoms with Crippen molar-refractivity contribution in [2.75, 3.05) is 11.1 Å². The number of thioether (sulfide) groups is 1. The van der Waals surface area contributed by atoms with Crippen molar-refractivity contribution in [2.24, 2.45) is 5.92 Å². The molecular weight excluding hydrogens is 494 g/mol. The lowest BCUT2D eigenvalue weighted by molar-refractivity contribution is -0.385. The summed E-state index contributed by atoms with van der Waals surface area (Å²) in [5.74, 6) is -1.42. The molecule has 2 aromatic carbocycles. The molecule has 1 aromatic heterocycles. The molecule has 3 rings (SSSR count). The second kappa shape index (κ2) is 11.3. The Kier molecular flexibility index (Phi) is 8.16. The second-order valence-corrected chi connectivity index (χ2v) is 8.75. The first kappa shape index (κ1) is 26.1. The molecule has 0 radical (unpaired) electrons. The quantitative estimate of drug-likeness (QED) is 0.134. The maximum atomic E-state index is 12.7. The summed E-state index contributed by atoms with van der Waals surface area (Å²) in [6, 6.07) is 8.23. The molecule has 4 N–H and O–H groups in total. The molecule has 0 saturated heterocycles. The van der Waals surface area contributed by atoms with Crippen molar-refractivity contribution in [1.82, 2.24) is 20.5 Å². The molecule has 3 aromatic rings. The molecule has 2 amide bonds. The average molecular weight is 516 g/mol. The molecule has 1 atom stereocenters. The van der Waals surface area contributed by atoms with Gasteiger partial charge in [-0.05, 0) is 24.1 Å². The largest absolute Gasteiger partial charge is 0.502 e. The molecule has 0 aliphatic rings. The van der Waals surface area contributed by atoms with Crippen molar-refractivity contribution in [3.8, 4) is 5.75 Å². The highest BCUT2D eigenvalue weighted by Crippen LogP contribution is 2.29. The van der Waals surface area contributed by atoms with Crippen LogP contribution in [-0.4, -0.2) is 47.7 Å². The number of non-ortho nitro benzene ring substituents is 1.